The van der Waals surface area contributed by atoms with E-state index in [1.165, 1.54) is 0 Å². The Morgan fingerprint density at radius 2 is 2.00 bits per heavy atom. The molecule has 0 radical (unpaired) electrons. The van der Waals surface area contributed by atoms with Crippen molar-refractivity contribution in [1.82, 2.24) is 14.9 Å². The van der Waals surface area contributed by atoms with E-state index in [2.05, 4.69) is 23.9 Å². The van der Waals surface area contributed by atoms with E-state index in [4.69, 9.17) is 0 Å². The highest BCUT2D eigenvalue weighted by Gasteiger charge is 2.62. The molecule has 8 nitrogen and oxygen atoms in total. The van der Waals surface area contributed by atoms with Crippen molar-refractivity contribution in [3.8, 4) is 0 Å². The van der Waals surface area contributed by atoms with Gasteiger partial charge in [-0.05, 0) is 70.1 Å². The van der Waals surface area contributed by atoms with Crippen LogP contribution in [-0.4, -0.2) is 53.9 Å². The molecule has 0 aromatic carbocycles. The fourth-order valence-corrected chi connectivity index (χ4v) is 6.80. The SMILES string of the molecule is CCC1CC(=O)N2CCCC2C(=O)NC2(C(=O)NS(=O)(=O)C3(C)CC3)CC2C=CCCC(C)C1. The van der Waals surface area contributed by atoms with Gasteiger partial charge < -0.3 is 10.2 Å². The minimum Gasteiger partial charge on any atom is -0.339 e. The number of allylic oxidation sites excluding steroid dienone is 1. The smallest absolute Gasteiger partial charge is 0.259 e. The number of nitrogens with one attached hydrogen (secondary N) is 2. The average Bonchev–Trinajstić information content (AvgIpc) is 3.63. The molecule has 5 atom stereocenters. The average molecular weight is 494 g/mol. The summed E-state index contributed by atoms with van der Waals surface area (Å²) in [4.78, 5) is 41.4. The molecular weight excluding hydrogens is 454 g/mol. The summed E-state index contributed by atoms with van der Waals surface area (Å²) >= 11 is 0. The number of carbonyl (C=O) groups excluding carboxylic acids is 3. The molecule has 2 aliphatic carbocycles. The lowest BCUT2D eigenvalue weighted by atomic mass is 9.88. The molecule has 0 spiro atoms. The zero-order valence-corrected chi connectivity index (χ0v) is 21.5. The second kappa shape index (κ2) is 9.28. The van der Waals surface area contributed by atoms with Crippen molar-refractivity contribution in [3.63, 3.8) is 0 Å². The summed E-state index contributed by atoms with van der Waals surface area (Å²) in [6.07, 6.45) is 10.9. The summed E-state index contributed by atoms with van der Waals surface area (Å²) < 4.78 is 26.8. The first-order chi connectivity index (χ1) is 16.0. The maximum absolute atomic E-state index is 13.3. The molecule has 1 saturated heterocycles. The van der Waals surface area contributed by atoms with Crippen molar-refractivity contribution in [1.29, 1.82) is 0 Å². The number of hydrogen-bond acceptors (Lipinski definition) is 5. The molecule has 2 N–H and O–H groups in total. The first kappa shape index (κ1) is 25.2. The Hall–Kier alpha value is -1.90. The molecule has 0 aromatic rings. The van der Waals surface area contributed by atoms with Crippen LogP contribution in [0.4, 0.5) is 0 Å². The van der Waals surface area contributed by atoms with E-state index in [0.29, 0.717) is 50.5 Å². The number of fused-ring (bicyclic) bond motifs is 2. The zero-order valence-electron chi connectivity index (χ0n) is 20.6. The van der Waals surface area contributed by atoms with Crippen LogP contribution in [-0.2, 0) is 24.4 Å². The van der Waals surface area contributed by atoms with Gasteiger partial charge in [0, 0.05) is 18.9 Å². The van der Waals surface area contributed by atoms with Gasteiger partial charge in [-0.15, -0.1) is 0 Å². The van der Waals surface area contributed by atoms with E-state index < -0.39 is 32.3 Å². The number of sulfonamides is 1. The molecule has 190 valence electrons. The fraction of sp³-hybridized carbons (Fsp3) is 0.800. The van der Waals surface area contributed by atoms with Gasteiger partial charge in [-0.3, -0.25) is 19.1 Å². The Bertz CT molecular complexity index is 973. The van der Waals surface area contributed by atoms with Gasteiger partial charge in [0.15, 0.2) is 0 Å². The Morgan fingerprint density at radius 1 is 1.26 bits per heavy atom. The monoisotopic (exact) mass is 493 g/mol. The molecule has 5 unspecified atom stereocenters. The highest BCUT2D eigenvalue weighted by molar-refractivity contribution is 7.91. The molecule has 0 bridgehead atoms. The van der Waals surface area contributed by atoms with Gasteiger partial charge >= 0.3 is 0 Å². The van der Waals surface area contributed by atoms with E-state index in [0.717, 1.165) is 32.1 Å². The van der Waals surface area contributed by atoms with Crippen LogP contribution < -0.4 is 10.0 Å². The molecule has 2 aliphatic heterocycles. The fourth-order valence-electron chi connectivity index (χ4n) is 5.49. The van der Waals surface area contributed by atoms with Crippen LogP contribution >= 0.6 is 0 Å². The molecule has 2 heterocycles. The summed E-state index contributed by atoms with van der Waals surface area (Å²) in [6, 6.07) is -0.611. The Balaban J connectivity index is 1.57. The Labute approximate surface area is 203 Å². The third-order valence-corrected chi connectivity index (χ3v) is 10.6. The van der Waals surface area contributed by atoms with Crippen LogP contribution in [0, 0.1) is 17.8 Å². The molecule has 3 amide bonds. The second-order valence-electron chi connectivity index (χ2n) is 11.2. The van der Waals surface area contributed by atoms with E-state index in [1.807, 2.05) is 12.2 Å². The third-order valence-electron chi connectivity index (χ3n) is 8.44. The number of hydrogen-bond donors (Lipinski definition) is 2. The molecule has 2 saturated carbocycles. The number of nitrogens with zero attached hydrogens (tertiary/aromatic N) is 1. The van der Waals surface area contributed by atoms with E-state index in [9.17, 15) is 22.8 Å². The van der Waals surface area contributed by atoms with E-state index in [-0.39, 0.29) is 17.7 Å². The normalized spacial score (nSPS) is 35.9. The van der Waals surface area contributed by atoms with Gasteiger partial charge in [-0.25, -0.2) is 8.42 Å². The molecule has 4 aliphatic rings. The second-order valence-corrected chi connectivity index (χ2v) is 13.4. The summed E-state index contributed by atoms with van der Waals surface area (Å²) in [6.45, 7) is 6.49. The lowest BCUT2D eigenvalue weighted by Gasteiger charge is -2.28. The van der Waals surface area contributed by atoms with Crippen LogP contribution in [0.5, 0.6) is 0 Å². The van der Waals surface area contributed by atoms with Crippen molar-refractivity contribution in [2.75, 3.05) is 6.54 Å². The van der Waals surface area contributed by atoms with Crippen LogP contribution in [0.3, 0.4) is 0 Å². The van der Waals surface area contributed by atoms with Gasteiger partial charge in [0.1, 0.15) is 11.6 Å². The third kappa shape index (κ3) is 4.90. The minimum atomic E-state index is -3.81. The summed E-state index contributed by atoms with van der Waals surface area (Å²) in [5, 5.41) is 2.90. The Kier molecular flexibility index (Phi) is 6.88. The standard InChI is InChI=1S/C25H39N3O5S/c1-4-18-14-17(2)8-5-6-9-19-16-25(19,23(31)27-34(32,33)24(3)11-12-24)26-22(30)20-10-7-13-28(20)21(29)15-18/h6,9,17-20H,4-5,7-8,10-16H2,1-3H3,(H,26,30)(H,27,31). The quantitative estimate of drug-likeness (QED) is 0.585. The van der Waals surface area contributed by atoms with Crippen molar-refractivity contribution in [3.05, 3.63) is 12.2 Å². The summed E-state index contributed by atoms with van der Waals surface area (Å²) in [5.41, 5.74) is -1.28. The predicted octanol–water partition coefficient (Wildman–Crippen LogP) is 2.64. The molecule has 4 rings (SSSR count). The van der Waals surface area contributed by atoms with Gasteiger partial charge in [0.05, 0.1) is 4.75 Å². The minimum absolute atomic E-state index is 0.000202. The molecule has 0 aromatic heterocycles. The number of amides is 3. The topological polar surface area (TPSA) is 113 Å². The largest absolute Gasteiger partial charge is 0.339 e. The van der Waals surface area contributed by atoms with Crippen molar-refractivity contribution in [2.24, 2.45) is 17.8 Å². The summed E-state index contributed by atoms with van der Waals surface area (Å²) in [7, 11) is -3.81. The van der Waals surface area contributed by atoms with Gasteiger partial charge in [-0.2, -0.15) is 0 Å². The lowest BCUT2D eigenvalue weighted by Crippen LogP contribution is -2.57. The number of rotatable bonds is 4. The van der Waals surface area contributed by atoms with Gasteiger partial charge in [0.2, 0.25) is 21.8 Å². The van der Waals surface area contributed by atoms with Gasteiger partial charge in [0.25, 0.3) is 5.91 Å². The molecule has 34 heavy (non-hydrogen) atoms. The highest BCUT2D eigenvalue weighted by atomic mass is 32.2. The van der Waals surface area contributed by atoms with E-state index in [1.54, 1.807) is 11.8 Å². The van der Waals surface area contributed by atoms with E-state index >= 15 is 0 Å². The molecule has 9 heteroatoms. The van der Waals surface area contributed by atoms with Gasteiger partial charge in [-0.1, -0.05) is 32.4 Å². The molecule has 3 fully saturated rings. The first-order valence-electron chi connectivity index (χ1n) is 12.9. The number of carbonyl (C=O) groups is 3. The van der Waals surface area contributed by atoms with Crippen LogP contribution in [0.15, 0.2) is 12.2 Å². The predicted molar refractivity (Wildman–Crippen MR) is 129 cm³/mol. The summed E-state index contributed by atoms with van der Waals surface area (Å²) in [5.74, 6) is -0.516. The lowest BCUT2D eigenvalue weighted by molar-refractivity contribution is -0.140. The highest BCUT2D eigenvalue weighted by Crippen LogP contribution is 2.47. The van der Waals surface area contributed by atoms with Crippen LogP contribution in [0.2, 0.25) is 0 Å². The zero-order chi connectivity index (χ0) is 24.7. The van der Waals surface area contributed by atoms with Crippen molar-refractivity contribution < 1.29 is 22.8 Å². The maximum atomic E-state index is 13.3. The van der Waals surface area contributed by atoms with Crippen LogP contribution in [0.1, 0.15) is 85.0 Å². The molecular formula is C25H39N3O5S. The maximum Gasteiger partial charge on any atom is 0.259 e. The van der Waals surface area contributed by atoms with Crippen LogP contribution in [0.25, 0.3) is 0 Å². The Morgan fingerprint density at radius 3 is 2.68 bits per heavy atom. The first-order valence-corrected chi connectivity index (χ1v) is 14.3. The van der Waals surface area contributed by atoms with Crippen molar-refractivity contribution >= 4 is 27.7 Å². The van der Waals surface area contributed by atoms with Crippen molar-refractivity contribution in [2.45, 2.75) is 101 Å².